The summed E-state index contributed by atoms with van der Waals surface area (Å²) in [6.45, 7) is 9.75. The number of alkyl carbamates (subject to hydrolysis) is 1. The summed E-state index contributed by atoms with van der Waals surface area (Å²) in [5, 5.41) is 5.93. The number of amides is 1. The molecule has 0 heterocycles. The van der Waals surface area contributed by atoms with E-state index in [4.69, 9.17) is 9.47 Å². The van der Waals surface area contributed by atoms with E-state index in [1.807, 2.05) is 81.4 Å². The number of aliphatic imine (C=N–C) groups is 1. The van der Waals surface area contributed by atoms with Gasteiger partial charge in [-0.3, -0.25) is 10.3 Å². The fourth-order valence-corrected chi connectivity index (χ4v) is 2.46. The normalized spacial score (nSPS) is 12.7. The Morgan fingerprint density at radius 3 is 2.31 bits per heavy atom. The highest BCUT2D eigenvalue weighted by atomic mass is 16.6. The number of nitrogens with zero attached hydrogens (tertiary/aromatic N) is 1. The lowest BCUT2D eigenvalue weighted by Crippen LogP contribution is -2.48. The van der Waals surface area contributed by atoms with Gasteiger partial charge in [0.25, 0.3) is 0 Å². The number of benzene rings is 2. The molecule has 0 aliphatic carbocycles. The van der Waals surface area contributed by atoms with Crippen molar-refractivity contribution in [2.24, 2.45) is 4.99 Å². The minimum atomic E-state index is -0.590. The van der Waals surface area contributed by atoms with Gasteiger partial charge in [-0.1, -0.05) is 60.7 Å². The Kier molecular flexibility index (Phi) is 8.43. The van der Waals surface area contributed by atoms with Crippen LogP contribution in [0.25, 0.3) is 5.70 Å². The molecule has 6 heteroatoms. The quantitative estimate of drug-likeness (QED) is 0.489. The molecule has 0 saturated carbocycles. The van der Waals surface area contributed by atoms with E-state index in [-0.39, 0.29) is 6.61 Å². The van der Waals surface area contributed by atoms with E-state index in [1.165, 1.54) is 0 Å². The number of ether oxygens (including phenoxy) is 2. The molecular formula is C23H29N3O3. The average molecular weight is 396 g/mol. The summed E-state index contributed by atoms with van der Waals surface area (Å²) >= 11 is 0. The molecule has 0 aliphatic heterocycles. The summed E-state index contributed by atoms with van der Waals surface area (Å²) in [7, 11) is 0. The van der Waals surface area contributed by atoms with Crippen molar-refractivity contribution >= 4 is 18.5 Å². The highest BCUT2D eigenvalue weighted by Crippen LogP contribution is 2.13. The minimum absolute atomic E-state index is 0.240. The molecular weight excluding hydrogens is 366 g/mol. The Hall–Kier alpha value is -3.12. The summed E-state index contributed by atoms with van der Waals surface area (Å²) in [6.07, 6.45) is 0.671. The zero-order valence-corrected chi connectivity index (χ0v) is 17.2. The van der Waals surface area contributed by atoms with Gasteiger partial charge in [0.2, 0.25) is 0 Å². The number of hydrogen-bond donors (Lipinski definition) is 2. The van der Waals surface area contributed by atoms with Crippen molar-refractivity contribution in [1.82, 2.24) is 10.6 Å². The minimum Gasteiger partial charge on any atom is -0.444 e. The SMILES string of the molecule is C=N/C(=C\NC(COCc1ccccc1)NC(=O)OC(C)(C)C)c1ccccc1. The molecule has 0 saturated heterocycles. The lowest BCUT2D eigenvalue weighted by atomic mass is 10.2. The molecule has 2 N–H and O–H groups in total. The third-order valence-electron chi connectivity index (χ3n) is 3.75. The van der Waals surface area contributed by atoms with Gasteiger partial charge in [0, 0.05) is 11.8 Å². The third-order valence-corrected chi connectivity index (χ3v) is 3.75. The molecule has 29 heavy (non-hydrogen) atoms. The van der Waals surface area contributed by atoms with Crippen molar-refractivity contribution in [1.29, 1.82) is 0 Å². The Morgan fingerprint density at radius 1 is 1.10 bits per heavy atom. The van der Waals surface area contributed by atoms with Gasteiger partial charge in [-0.2, -0.15) is 0 Å². The van der Waals surface area contributed by atoms with Crippen LogP contribution < -0.4 is 10.6 Å². The van der Waals surface area contributed by atoms with Crippen LogP contribution in [0.15, 0.2) is 71.9 Å². The van der Waals surface area contributed by atoms with E-state index in [0.717, 1.165) is 11.1 Å². The lowest BCUT2D eigenvalue weighted by Gasteiger charge is -2.24. The second-order valence-electron chi connectivity index (χ2n) is 7.42. The molecule has 154 valence electrons. The van der Waals surface area contributed by atoms with Crippen LogP contribution in [0, 0.1) is 0 Å². The van der Waals surface area contributed by atoms with Gasteiger partial charge in [0.05, 0.1) is 18.9 Å². The maximum Gasteiger partial charge on any atom is 0.409 e. The van der Waals surface area contributed by atoms with Gasteiger partial charge in [0.1, 0.15) is 11.8 Å². The van der Waals surface area contributed by atoms with Crippen LogP contribution in [-0.4, -0.2) is 31.2 Å². The van der Waals surface area contributed by atoms with Gasteiger partial charge >= 0.3 is 6.09 Å². The van der Waals surface area contributed by atoms with E-state index in [0.29, 0.717) is 12.3 Å². The van der Waals surface area contributed by atoms with Crippen LogP contribution in [-0.2, 0) is 16.1 Å². The Balaban J connectivity index is 2.03. The van der Waals surface area contributed by atoms with E-state index in [1.54, 1.807) is 6.20 Å². The van der Waals surface area contributed by atoms with Crippen molar-refractivity contribution < 1.29 is 14.3 Å². The van der Waals surface area contributed by atoms with Gasteiger partial charge in [0.15, 0.2) is 0 Å². The molecule has 1 atom stereocenters. The first kappa shape index (κ1) is 22.2. The monoisotopic (exact) mass is 395 g/mol. The number of rotatable bonds is 9. The molecule has 0 aromatic heterocycles. The maximum absolute atomic E-state index is 12.2. The van der Waals surface area contributed by atoms with Gasteiger partial charge in [-0.25, -0.2) is 4.79 Å². The fraction of sp³-hybridized carbons (Fsp3) is 0.304. The number of carbonyl (C=O) groups is 1. The topological polar surface area (TPSA) is 72.0 Å². The largest absolute Gasteiger partial charge is 0.444 e. The third kappa shape index (κ3) is 8.62. The van der Waals surface area contributed by atoms with Crippen LogP contribution >= 0.6 is 0 Å². The number of hydrogen-bond acceptors (Lipinski definition) is 5. The average Bonchev–Trinajstić information content (AvgIpc) is 2.68. The molecule has 0 spiro atoms. The van der Waals surface area contributed by atoms with Crippen LogP contribution in [0.4, 0.5) is 4.79 Å². The molecule has 0 fully saturated rings. The Labute approximate surface area is 172 Å². The summed E-state index contributed by atoms with van der Waals surface area (Å²) < 4.78 is 11.1. The molecule has 6 nitrogen and oxygen atoms in total. The van der Waals surface area contributed by atoms with Crippen LogP contribution in [0.2, 0.25) is 0 Å². The summed E-state index contributed by atoms with van der Waals surface area (Å²) in [4.78, 5) is 16.3. The van der Waals surface area contributed by atoms with Crippen molar-refractivity contribution in [3.8, 4) is 0 Å². The number of carbonyl (C=O) groups excluding carboxylic acids is 1. The van der Waals surface area contributed by atoms with E-state index >= 15 is 0 Å². The first-order chi connectivity index (χ1) is 13.9. The molecule has 1 unspecified atom stereocenters. The van der Waals surface area contributed by atoms with Crippen LogP contribution in [0.3, 0.4) is 0 Å². The van der Waals surface area contributed by atoms with Crippen LogP contribution in [0.5, 0.6) is 0 Å². The molecule has 0 radical (unpaired) electrons. The zero-order valence-electron chi connectivity index (χ0n) is 17.2. The maximum atomic E-state index is 12.2. The summed E-state index contributed by atoms with van der Waals surface area (Å²) in [5.74, 6) is 0. The van der Waals surface area contributed by atoms with Gasteiger partial charge in [-0.05, 0) is 33.1 Å². The zero-order chi connectivity index (χ0) is 21.1. The first-order valence-corrected chi connectivity index (χ1v) is 9.47. The molecule has 1 amide bonds. The molecule has 2 rings (SSSR count). The summed E-state index contributed by atoms with van der Waals surface area (Å²) in [6, 6.07) is 19.5. The second kappa shape index (κ2) is 11.0. The van der Waals surface area contributed by atoms with E-state index in [2.05, 4.69) is 22.3 Å². The van der Waals surface area contributed by atoms with Crippen molar-refractivity contribution in [2.45, 2.75) is 39.1 Å². The lowest BCUT2D eigenvalue weighted by molar-refractivity contribution is 0.0412. The molecule has 2 aromatic rings. The number of nitrogens with one attached hydrogen (secondary N) is 2. The molecule has 0 bridgehead atoms. The van der Waals surface area contributed by atoms with Gasteiger partial charge in [-0.15, -0.1) is 0 Å². The van der Waals surface area contributed by atoms with Crippen molar-refractivity contribution in [3.63, 3.8) is 0 Å². The Morgan fingerprint density at radius 2 is 1.72 bits per heavy atom. The van der Waals surface area contributed by atoms with Crippen molar-refractivity contribution in [3.05, 3.63) is 78.0 Å². The second-order valence-corrected chi connectivity index (χ2v) is 7.42. The van der Waals surface area contributed by atoms with E-state index in [9.17, 15) is 4.79 Å². The van der Waals surface area contributed by atoms with Crippen LogP contribution in [0.1, 0.15) is 31.9 Å². The molecule has 0 aliphatic rings. The predicted molar refractivity (Wildman–Crippen MR) is 116 cm³/mol. The van der Waals surface area contributed by atoms with Crippen molar-refractivity contribution in [2.75, 3.05) is 6.61 Å². The first-order valence-electron chi connectivity index (χ1n) is 9.47. The standard InChI is InChI=1S/C23H29N3O3/c1-23(2,3)29-22(27)26-21(17-28-16-18-11-7-5-8-12-18)25-15-20(24-4)19-13-9-6-10-14-19/h5-15,21,25H,4,16-17H2,1-3H3,(H,26,27)/b20-15-. The smallest absolute Gasteiger partial charge is 0.409 e. The highest BCUT2D eigenvalue weighted by Gasteiger charge is 2.19. The predicted octanol–water partition coefficient (Wildman–Crippen LogP) is 4.34. The summed E-state index contributed by atoms with van der Waals surface area (Å²) in [5.41, 5.74) is 2.03. The highest BCUT2D eigenvalue weighted by molar-refractivity contribution is 5.69. The van der Waals surface area contributed by atoms with E-state index < -0.39 is 17.9 Å². The van der Waals surface area contributed by atoms with Gasteiger partial charge < -0.3 is 14.8 Å². The Bertz CT molecular complexity index is 799. The molecule has 2 aromatic carbocycles. The fourth-order valence-electron chi connectivity index (χ4n) is 2.46.